The van der Waals surface area contributed by atoms with E-state index in [1.807, 2.05) is 31.2 Å². The number of nitro groups is 1. The van der Waals surface area contributed by atoms with Crippen molar-refractivity contribution in [3.63, 3.8) is 0 Å². The van der Waals surface area contributed by atoms with E-state index in [0.717, 1.165) is 17.2 Å². The third-order valence-corrected chi connectivity index (χ3v) is 5.37. The van der Waals surface area contributed by atoms with Gasteiger partial charge in [-0.05, 0) is 25.5 Å². The van der Waals surface area contributed by atoms with Gasteiger partial charge in [0.15, 0.2) is 0 Å². The van der Waals surface area contributed by atoms with E-state index < -0.39 is 14.9 Å². The second kappa shape index (κ2) is 6.47. The molecule has 0 aromatic heterocycles. The van der Waals surface area contributed by atoms with Gasteiger partial charge in [-0.25, -0.2) is 8.42 Å². The fourth-order valence-corrected chi connectivity index (χ4v) is 3.46. The molecular formula is C16H18N2O4S. The summed E-state index contributed by atoms with van der Waals surface area (Å²) in [5.74, 6) is 0. The molecule has 2 aromatic rings. The van der Waals surface area contributed by atoms with Crippen LogP contribution in [0.15, 0.2) is 47.4 Å². The van der Waals surface area contributed by atoms with Crippen LogP contribution in [0.3, 0.4) is 0 Å². The highest BCUT2D eigenvalue weighted by Gasteiger charge is 2.24. The zero-order valence-electron chi connectivity index (χ0n) is 13.2. The van der Waals surface area contributed by atoms with E-state index in [-0.39, 0.29) is 17.1 Å². The van der Waals surface area contributed by atoms with Crippen molar-refractivity contribution < 1.29 is 13.3 Å². The minimum atomic E-state index is -3.79. The first kappa shape index (κ1) is 17.1. The molecule has 0 radical (unpaired) electrons. The molecule has 0 aliphatic carbocycles. The molecule has 0 unspecified atom stereocenters. The summed E-state index contributed by atoms with van der Waals surface area (Å²) in [7, 11) is -2.33. The van der Waals surface area contributed by atoms with Crippen molar-refractivity contribution in [2.45, 2.75) is 25.3 Å². The van der Waals surface area contributed by atoms with Gasteiger partial charge in [0.2, 0.25) is 10.0 Å². The lowest BCUT2D eigenvalue weighted by Crippen LogP contribution is -2.26. The first-order chi connectivity index (χ1) is 10.7. The number of rotatable bonds is 5. The van der Waals surface area contributed by atoms with Gasteiger partial charge in [0, 0.05) is 25.2 Å². The van der Waals surface area contributed by atoms with Gasteiger partial charge in [-0.2, -0.15) is 4.31 Å². The smallest absolute Gasteiger partial charge is 0.258 e. The quantitative estimate of drug-likeness (QED) is 0.622. The summed E-state index contributed by atoms with van der Waals surface area (Å²) >= 11 is 0. The van der Waals surface area contributed by atoms with E-state index in [2.05, 4.69) is 0 Å². The van der Waals surface area contributed by atoms with Crippen LogP contribution >= 0.6 is 0 Å². The second-order valence-corrected chi connectivity index (χ2v) is 7.50. The molecule has 0 heterocycles. The predicted octanol–water partition coefficient (Wildman–Crippen LogP) is 3.03. The van der Waals surface area contributed by atoms with Crippen LogP contribution in [-0.2, 0) is 16.6 Å². The van der Waals surface area contributed by atoms with Crippen molar-refractivity contribution >= 4 is 15.7 Å². The van der Waals surface area contributed by atoms with Gasteiger partial charge in [0.1, 0.15) is 0 Å². The van der Waals surface area contributed by atoms with Crippen molar-refractivity contribution in [2.24, 2.45) is 0 Å². The van der Waals surface area contributed by atoms with Crippen LogP contribution in [0.5, 0.6) is 0 Å². The van der Waals surface area contributed by atoms with Gasteiger partial charge in [-0.1, -0.05) is 35.9 Å². The molecule has 0 spiro atoms. The minimum Gasteiger partial charge on any atom is -0.258 e. The maximum Gasteiger partial charge on any atom is 0.273 e. The SMILES string of the molecule is Cc1cccc(CN(C)S(=O)(=O)c2ccc(C)c([N+](=O)[O-])c2)c1. The minimum absolute atomic E-state index is 0.0787. The van der Waals surface area contributed by atoms with Crippen LogP contribution in [-0.4, -0.2) is 24.7 Å². The molecular weight excluding hydrogens is 316 g/mol. The topological polar surface area (TPSA) is 80.5 Å². The summed E-state index contributed by atoms with van der Waals surface area (Å²) < 4.78 is 26.4. The average molecular weight is 334 g/mol. The summed E-state index contributed by atoms with van der Waals surface area (Å²) in [6, 6.07) is 11.5. The van der Waals surface area contributed by atoms with E-state index >= 15 is 0 Å². The number of aryl methyl sites for hydroxylation is 2. The average Bonchev–Trinajstić information content (AvgIpc) is 2.47. The standard InChI is InChI=1S/C16H18N2O4S/c1-12-5-4-6-14(9-12)11-17(3)23(21,22)15-8-7-13(2)16(10-15)18(19)20/h4-10H,11H2,1-3H3. The number of benzene rings is 2. The molecule has 0 amide bonds. The van der Waals surface area contributed by atoms with Crippen LogP contribution in [0.4, 0.5) is 5.69 Å². The number of nitro benzene ring substituents is 1. The second-order valence-electron chi connectivity index (χ2n) is 5.46. The maximum atomic E-state index is 12.6. The first-order valence-electron chi connectivity index (χ1n) is 6.99. The number of nitrogens with zero attached hydrogens (tertiary/aromatic N) is 2. The molecule has 0 bridgehead atoms. The monoisotopic (exact) mass is 334 g/mol. The fraction of sp³-hybridized carbons (Fsp3) is 0.250. The van der Waals surface area contributed by atoms with Crippen LogP contribution < -0.4 is 0 Å². The molecule has 122 valence electrons. The van der Waals surface area contributed by atoms with E-state index in [9.17, 15) is 18.5 Å². The molecule has 0 fully saturated rings. The highest BCUT2D eigenvalue weighted by Crippen LogP contribution is 2.24. The molecule has 7 heteroatoms. The van der Waals surface area contributed by atoms with Gasteiger partial charge < -0.3 is 0 Å². The molecule has 0 aliphatic rings. The molecule has 6 nitrogen and oxygen atoms in total. The lowest BCUT2D eigenvalue weighted by molar-refractivity contribution is -0.385. The molecule has 2 rings (SSSR count). The van der Waals surface area contributed by atoms with Crippen LogP contribution in [0.1, 0.15) is 16.7 Å². The molecule has 0 atom stereocenters. The predicted molar refractivity (Wildman–Crippen MR) is 87.7 cm³/mol. The summed E-state index contributed by atoms with van der Waals surface area (Å²) in [5, 5.41) is 11.0. The van der Waals surface area contributed by atoms with E-state index in [1.165, 1.54) is 23.5 Å². The number of hydrogen-bond acceptors (Lipinski definition) is 4. The van der Waals surface area contributed by atoms with E-state index in [0.29, 0.717) is 5.56 Å². The number of hydrogen-bond donors (Lipinski definition) is 0. The lowest BCUT2D eigenvalue weighted by atomic mass is 10.1. The Hall–Kier alpha value is -2.25. The van der Waals surface area contributed by atoms with Crippen molar-refractivity contribution in [2.75, 3.05) is 7.05 Å². The van der Waals surface area contributed by atoms with Gasteiger partial charge >= 0.3 is 0 Å². The third-order valence-electron chi connectivity index (χ3n) is 3.57. The Kier molecular flexibility index (Phi) is 4.82. The van der Waals surface area contributed by atoms with E-state index in [1.54, 1.807) is 6.92 Å². The Morgan fingerprint density at radius 1 is 1.13 bits per heavy atom. The molecule has 2 aromatic carbocycles. The third kappa shape index (κ3) is 3.75. The Bertz CT molecular complexity index is 847. The van der Waals surface area contributed by atoms with Crippen molar-refractivity contribution in [1.29, 1.82) is 0 Å². The summed E-state index contributed by atoms with van der Waals surface area (Å²) in [5.41, 5.74) is 2.13. The normalized spacial score (nSPS) is 11.7. The zero-order chi connectivity index (χ0) is 17.2. The molecule has 0 saturated heterocycles. The maximum absolute atomic E-state index is 12.6. The zero-order valence-corrected chi connectivity index (χ0v) is 14.0. The molecule has 0 N–H and O–H groups in total. The summed E-state index contributed by atoms with van der Waals surface area (Å²) in [6.07, 6.45) is 0. The largest absolute Gasteiger partial charge is 0.273 e. The molecule has 0 aliphatic heterocycles. The molecule has 0 saturated carbocycles. The van der Waals surface area contributed by atoms with Gasteiger partial charge in [0.05, 0.1) is 9.82 Å². The number of sulfonamides is 1. The van der Waals surface area contributed by atoms with Crippen molar-refractivity contribution in [3.8, 4) is 0 Å². The van der Waals surface area contributed by atoms with E-state index in [4.69, 9.17) is 0 Å². The molecule has 23 heavy (non-hydrogen) atoms. The summed E-state index contributed by atoms with van der Waals surface area (Å²) in [6.45, 7) is 3.71. The lowest BCUT2D eigenvalue weighted by Gasteiger charge is -2.17. The summed E-state index contributed by atoms with van der Waals surface area (Å²) in [4.78, 5) is 10.3. The Labute approximate surface area is 135 Å². The van der Waals surface area contributed by atoms with Crippen LogP contribution in [0.25, 0.3) is 0 Å². The fourth-order valence-electron chi connectivity index (χ4n) is 2.28. The highest BCUT2D eigenvalue weighted by molar-refractivity contribution is 7.89. The Morgan fingerprint density at radius 3 is 2.43 bits per heavy atom. The van der Waals surface area contributed by atoms with Crippen LogP contribution in [0, 0.1) is 24.0 Å². The highest BCUT2D eigenvalue weighted by atomic mass is 32.2. The Balaban J connectivity index is 2.34. The Morgan fingerprint density at radius 2 is 1.83 bits per heavy atom. The van der Waals surface area contributed by atoms with Gasteiger partial charge in [0.25, 0.3) is 5.69 Å². The van der Waals surface area contributed by atoms with Gasteiger partial charge in [-0.15, -0.1) is 0 Å². The van der Waals surface area contributed by atoms with Crippen LogP contribution in [0.2, 0.25) is 0 Å². The first-order valence-corrected chi connectivity index (χ1v) is 8.43. The van der Waals surface area contributed by atoms with Gasteiger partial charge in [-0.3, -0.25) is 10.1 Å². The van der Waals surface area contributed by atoms with Crippen molar-refractivity contribution in [3.05, 3.63) is 69.3 Å². The van der Waals surface area contributed by atoms with Crippen molar-refractivity contribution in [1.82, 2.24) is 4.31 Å².